The van der Waals surface area contributed by atoms with Gasteiger partial charge in [-0.3, -0.25) is 38.4 Å². The highest BCUT2D eigenvalue weighted by Crippen LogP contribution is 2.49. The van der Waals surface area contributed by atoms with Crippen LogP contribution in [0.15, 0.2) is 152 Å². The van der Waals surface area contributed by atoms with Crippen molar-refractivity contribution in [2.75, 3.05) is 52.7 Å². The highest BCUT2D eigenvalue weighted by Gasteiger charge is 2.39. The molecule has 0 saturated heterocycles. The fraction of sp³-hybridized carbons (Fsp3) is 0.368. The van der Waals surface area contributed by atoms with E-state index in [0.29, 0.717) is 123 Å². The average molecular weight is 1390 g/mol. The number of unbranched alkanes of at least 4 members (excludes halogenated alkanes) is 3. The molecule has 0 fully saturated rings. The molecule has 0 bridgehead atoms. The number of carbonyl (C=O) groups excluding carboxylic acids is 8. The van der Waals surface area contributed by atoms with Gasteiger partial charge in [0.05, 0.1) is 40.7 Å². The number of benzene rings is 5. The number of carboxylic acids is 1. The lowest BCUT2D eigenvalue weighted by atomic mass is 9.74. The lowest BCUT2D eigenvalue weighted by molar-refractivity contribution is -0.462. The van der Waals surface area contributed by atoms with Gasteiger partial charge in [-0.15, -0.1) is 10.2 Å². The van der Waals surface area contributed by atoms with E-state index in [2.05, 4.69) is 52.5 Å². The summed E-state index contributed by atoms with van der Waals surface area (Å²) >= 11 is 0. The summed E-state index contributed by atoms with van der Waals surface area (Å²) in [5, 5.41) is 44.7. The normalized spacial score (nSPS) is 14.1. The Morgan fingerprint density at radius 2 is 1.17 bits per heavy atom. The molecule has 2 aromatic heterocycles. The number of fused-ring (bicyclic) bond motifs is 2. The van der Waals surface area contributed by atoms with E-state index in [-0.39, 0.29) is 79.3 Å². The van der Waals surface area contributed by atoms with Gasteiger partial charge in [-0.1, -0.05) is 59.0 Å². The number of carboxylic acid groups (broad SMARTS) is 1. The van der Waals surface area contributed by atoms with Gasteiger partial charge < -0.3 is 52.4 Å². The molecule has 9 rings (SSSR count). The van der Waals surface area contributed by atoms with E-state index in [9.17, 15) is 48.3 Å². The summed E-state index contributed by atoms with van der Waals surface area (Å²) in [6.45, 7) is 2.68. The molecule has 0 spiro atoms. The summed E-state index contributed by atoms with van der Waals surface area (Å²) in [4.78, 5) is 119. The molecule has 0 saturated carbocycles. The van der Waals surface area contributed by atoms with Crippen molar-refractivity contribution in [3.63, 3.8) is 0 Å². The highest BCUT2D eigenvalue weighted by atomic mass is 16.5. The van der Waals surface area contributed by atoms with E-state index in [1.54, 1.807) is 82.4 Å². The van der Waals surface area contributed by atoms with Crippen LogP contribution in [-0.4, -0.2) is 158 Å². The molecule has 7 amide bonds. The number of nitrogens with two attached hydrogens (primary N) is 1. The van der Waals surface area contributed by atoms with Crippen molar-refractivity contribution >= 4 is 64.5 Å². The van der Waals surface area contributed by atoms with Gasteiger partial charge in [-0.2, -0.15) is 0 Å². The molecular formula is C76H90N15O11+. The van der Waals surface area contributed by atoms with Gasteiger partial charge in [0.25, 0.3) is 11.8 Å². The summed E-state index contributed by atoms with van der Waals surface area (Å²) in [6, 6.07) is 31.9. The van der Waals surface area contributed by atoms with Gasteiger partial charge in [-0.05, 0) is 162 Å². The molecule has 26 nitrogen and oxygen atoms in total. The van der Waals surface area contributed by atoms with Crippen LogP contribution in [0.2, 0.25) is 0 Å². The van der Waals surface area contributed by atoms with E-state index >= 15 is 0 Å². The zero-order valence-corrected chi connectivity index (χ0v) is 58.3. The van der Waals surface area contributed by atoms with Gasteiger partial charge in [0, 0.05) is 118 Å². The van der Waals surface area contributed by atoms with Crippen LogP contribution in [0.1, 0.15) is 166 Å². The number of nitrogens with zero attached hydrogens (tertiary/aromatic N) is 8. The molecule has 534 valence electrons. The quantitative estimate of drug-likeness (QED) is 0.0110. The molecule has 2 unspecified atom stereocenters. The number of ketones is 1. The van der Waals surface area contributed by atoms with E-state index in [4.69, 9.17) is 10.5 Å². The second-order valence-corrected chi connectivity index (χ2v) is 25.9. The molecular weight excluding hydrogens is 1300 g/mol. The maximum Gasteiger partial charge on any atom is 0.336 e. The number of primary amides is 1. The lowest BCUT2D eigenvalue weighted by Crippen LogP contribution is -2.53. The van der Waals surface area contributed by atoms with Crippen LogP contribution >= 0.6 is 0 Å². The standard InChI is InChI=1S/C76H89N15O11/c1-49(92)51-26-31-56(32-27-51)90-47-54(84-86-90)19-15-24-68(93)78-40-14-11-23-70(95)82-65(22-10-13-42-80-74(98)53-30-37-60(63(43-53)76(100)101)71-61-38-35-58(88(2)3)44-66(61)102-67-45-59(89(4)5)36-39-62(67)71)75(99)83-64(72(77)96)21-9-12-41-79-73(97)52-28-33-57(34-29-52)91-48-55(85-87-91)20-16-25-69(94)81-46-50-17-7-6-8-18-50/h6-8,17-18,26-39,43-45,47-48,61,64-65,71H,9-16,19-25,40-42,46H2,1-5H3,(H8-,77,78,79,80,81,82,83,93,94,95,96,97,98,99,100,101)/p+1/t61?,64-,65-,71?/m0/s1. The van der Waals surface area contributed by atoms with E-state index < -0.39 is 47.6 Å². The average Bonchev–Trinajstić information content (AvgIpc) is 0.794. The fourth-order valence-corrected chi connectivity index (χ4v) is 12.0. The molecule has 9 N–H and O–H groups in total. The van der Waals surface area contributed by atoms with Crippen molar-refractivity contribution in [3.8, 4) is 17.1 Å². The number of allylic oxidation sites excluding steroid dienone is 3. The summed E-state index contributed by atoms with van der Waals surface area (Å²) in [6.07, 6.45) is 15.0. The molecule has 102 heavy (non-hydrogen) atoms. The van der Waals surface area contributed by atoms with E-state index in [0.717, 1.165) is 33.9 Å². The number of aromatic nitrogens is 6. The molecule has 3 heterocycles. The number of amides is 7. The van der Waals surface area contributed by atoms with E-state index in [1.165, 1.54) is 13.0 Å². The predicted octanol–water partition coefficient (Wildman–Crippen LogP) is 7.03. The number of ether oxygens (including phenoxy) is 1. The number of anilines is 1. The molecule has 1 aliphatic heterocycles. The monoisotopic (exact) mass is 1390 g/mol. The maximum absolute atomic E-state index is 14.1. The van der Waals surface area contributed by atoms with Crippen molar-refractivity contribution in [2.45, 2.75) is 128 Å². The first-order chi connectivity index (χ1) is 49.2. The Kier molecular flexibility index (Phi) is 26.8. The Morgan fingerprint density at radius 3 is 1.76 bits per heavy atom. The zero-order chi connectivity index (χ0) is 72.7. The second kappa shape index (κ2) is 36.6. The molecule has 4 atom stereocenters. The molecule has 2 aliphatic rings. The SMILES string of the molecule is CC(=O)c1ccc(-n2cc(CCCC(=O)NCCCCC(=O)N[C@@H](CCCCNC(=O)c3ccc(C4c5ccc(N(C)C)cc5OC5=CC(=[N+](C)C)C=CC54)c(C(=O)O)c3)C(=O)N[C@@H](CCCCNC(=O)c3ccc(-n4cc(CCCC(=O)NCc5ccccc5)nn4)cc3)C(N)=O)nn2)cc1. The van der Waals surface area contributed by atoms with Gasteiger partial charge >= 0.3 is 5.97 Å². The first-order valence-corrected chi connectivity index (χ1v) is 34.6. The lowest BCUT2D eigenvalue weighted by Gasteiger charge is -2.36. The number of aromatic carboxylic acids is 1. The highest BCUT2D eigenvalue weighted by molar-refractivity contribution is 6.02. The van der Waals surface area contributed by atoms with Gasteiger partial charge in [0.1, 0.15) is 37.7 Å². The Bertz CT molecular complexity index is 4230. The Hall–Kier alpha value is -11.4. The van der Waals surface area contributed by atoms with Crippen molar-refractivity contribution in [2.24, 2.45) is 11.7 Å². The van der Waals surface area contributed by atoms with E-state index in [1.807, 2.05) is 104 Å². The Labute approximate surface area is 592 Å². The molecule has 5 aromatic carbocycles. The largest absolute Gasteiger partial charge is 0.478 e. The van der Waals surface area contributed by atoms with Crippen molar-refractivity contribution < 1.29 is 57.6 Å². The van der Waals surface area contributed by atoms with Crippen LogP contribution in [0.4, 0.5) is 5.69 Å². The number of carbonyl (C=O) groups is 9. The Morgan fingerprint density at radius 1 is 0.608 bits per heavy atom. The summed E-state index contributed by atoms with van der Waals surface area (Å²) in [7, 11) is 7.72. The van der Waals surface area contributed by atoms with Crippen LogP contribution in [0.3, 0.4) is 0 Å². The minimum atomic E-state index is -1.20. The van der Waals surface area contributed by atoms with Crippen LogP contribution in [-0.2, 0) is 43.4 Å². The molecule has 0 radical (unpaired) electrons. The van der Waals surface area contributed by atoms with Crippen LogP contribution in [0.25, 0.3) is 11.4 Å². The van der Waals surface area contributed by atoms with Gasteiger partial charge in [0.15, 0.2) is 5.78 Å². The predicted molar refractivity (Wildman–Crippen MR) is 384 cm³/mol. The number of Topliss-reactive ketones (excluding diaryl/α,β-unsaturated/α-hetero) is 1. The van der Waals surface area contributed by atoms with Crippen molar-refractivity contribution in [1.29, 1.82) is 0 Å². The Balaban J connectivity index is 0.750. The van der Waals surface area contributed by atoms with Crippen molar-refractivity contribution in [1.82, 2.24) is 61.9 Å². The summed E-state index contributed by atoms with van der Waals surface area (Å²) < 4.78 is 11.7. The third-order valence-corrected chi connectivity index (χ3v) is 17.8. The third-order valence-electron chi connectivity index (χ3n) is 17.8. The number of aryl methyl sites for hydroxylation is 2. The van der Waals surface area contributed by atoms with Crippen LogP contribution < -0.4 is 47.3 Å². The smallest absolute Gasteiger partial charge is 0.336 e. The first-order valence-electron chi connectivity index (χ1n) is 34.6. The minimum absolute atomic E-state index is 0.0291. The van der Waals surface area contributed by atoms with Gasteiger partial charge in [0.2, 0.25) is 35.2 Å². The third kappa shape index (κ3) is 21.3. The minimum Gasteiger partial charge on any atom is -0.478 e. The topological polar surface area (TPSA) is 349 Å². The number of nitrogens with one attached hydrogen (secondary N) is 6. The van der Waals surface area contributed by atoms with Crippen molar-refractivity contribution in [3.05, 3.63) is 202 Å². The zero-order valence-electron chi connectivity index (χ0n) is 58.3. The summed E-state index contributed by atoms with van der Waals surface area (Å²) in [5.41, 5.74) is 14.0. The first kappa shape index (κ1) is 74.8. The number of hydrogen-bond acceptors (Lipinski definition) is 15. The number of hydrogen-bond donors (Lipinski definition) is 8. The molecule has 7 aromatic rings. The number of rotatable bonds is 37. The van der Waals surface area contributed by atoms with Crippen LogP contribution in [0.5, 0.6) is 5.75 Å². The molecule has 26 heteroatoms. The second-order valence-electron chi connectivity index (χ2n) is 25.9. The van der Waals surface area contributed by atoms with Crippen LogP contribution in [0, 0.1) is 5.92 Å². The fourth-order valence-electron chi connectivity index (χ4n) is 12.0. The molecule has 1 aliphatic carbocycles. The summed E-state index contributed by atoms with van der Waals surface area (Å²) in [5.74, 6) is -3.63. The van der Waals surface area contributed by atoms with Gasteiger partial charge in [-0.25, -0.2) is 18.7 Å². The maximum atomic E-state index is 14.1.